The van der Waals surface area contributed by atoms with E-state index in [-0.39, 0.29) is 0 Å². The van der Waals surface area contributed by atoms with E-state index in [2.05, 4.69) is 228 Å². The van der Waals surface area contributed by atoms with Crippen LogP contribution in [0.1, 0.15) is 22.3 Å². The fourth-order valence-electron chi connectivity index (χ4n) is 10.1. The maximum atomic E-state index is 2.51. The maximum absolute atomic E-state index is 2.51. The Bertz CT molecular complexity index is 3300. The van der Waals surface area contributed by atoms with Crippen LogP contribution in [-0.2, 0) is 5.41 Å². The summed E-state index contributed by atoms with van der Waals surface area (Å²) in [4.78, 5) is 0. The Hall–Kier alpha value is -7.42. The van der Waals surface area contributed by atoms with Crippen molar-refractivity contribution in [3.8, 4) is 33.6 Å². The molecule has 0 fully saturated rings. The van der Waals surface area contributed by atoms with E-state index in [0.717, 1.165) is 0 Å². The monoisotopic (exact) mass is 724 g/mol. The van der Waals surface area contributed by atoms with Crippen molar-refractivity contribution in [3.63, 3.8) is 0 Å². The van der Waals surface area contributed by atoms with Crippen molar-refractivity contribution in [3.05, 3.63) is 241 Å². The minimum Gasteiger partial charge on any atom is -0.309 e. The second-order valence-electron chi connectivity index (χ2n) is 15.2. The lowest BCUT2D eigenvalue weighted by molar-refractivity contribution is 0.761. The van der Waals surface area contributed by atoms with Gasteiger partial charge in [-0.05, 0) is 99.1 Å². The number of nitrogens with zero attached hydrogens (tertiary/aromatic N) is 2. The Labute approximate surface area is 331 Å². The normalized spacial score (nSPS) is 13.1. The molecule has 0 amide bonds. The highest BCUT2D eigenvalue weighted by Crippen LogP contribution is 2.57. The number of para-hydroxylation sites is 4. The molecule has 12 rings (SSSR count). The smallest absolute Gasteiger partial charge is 0.0733 e. The van der Waals surface area contributed by atoms with Gasteiger partial charge in [-0.1, -0.05) is 164 Å². The molecule has 2 nitrogen and oxygen atoms in total. The molecule has 0 atom stereocenters. The summed E-state index contributed by atoms with van der Waals surface area (Å²) < 4.78 is 4.89. The molecule has 2 heterocycles. The molecule has 0 bridgehead atoms. The molecule has 11 aromatic rings. The summed E-state index contributed by atoms with van der Waals surface area (Å²) in [7, 11) is 0. The molecule has 9 aromatic carbocycles. The second-order valence-corrected chi connectivity index (χ2v) is 15.2. The van der Waals surface area contributed by atoms with Gasteiger partial charge < -0.3 is 9.13 Å². The van der Waals surface area contributed by atoms with Crippen LogP contribution in [0, 0.1) is 0 Å². The van der Waals surface area contributed by atoms with Crippen molar-refractivity contribution >= 4 is 43.6 Å². The molecular formula is C55H36N2. The highest BCUT2D eigenvalue weighted by molar-refractivity contribution is 6.13. The lowest BCUT2D eigenvalue weighted by Gasteiger charge is -2.35. The first-order valence-electron chi connectivity index (χ1n) is 19.8. The highest BCUT2D eigenvalue weighted by Gasteiger charge is 2.47. The molecule has 0 unspecified atom stereocenters. The summed E-state index contributed by atoms with van der Waals surface area (Å²) >= 11 is 0. The number of benzene rings is 9. The zero-order chi connectivity index (χ0) is 37.5. The lowest BCUT2D eigenvalue weighted by Crippen LogP contribution is -2.30. The number of rotatable bonds is 5. The second kappa shape index (κ2) is 12.3. The van der Waals surface area contributed by atoms with E-state index >= 15 is 0 Å². The van der Waals surface area contributed by atoms with Gasteiger partial charge in [0.05, 0.1) is 33.2 Å². The number of fused-ring (bicyclic) bond motifs is 9. The van der Waals surface area contributed by atoms with Gasteiger partial charge in [-0.25, -0.2) is 0 Å². The van der Waals surface area contributed by atoms with Crippen LogP contribution in [0.2, 0.25) is 0 Å². The largest absolute Gasteiger partial charge is 0.309 e. The van der Waals surface area contributed by atoms with E-state index in [9.17, 15) is 0 Å². The molecule has 0 radical (unpaired) electrons. The quantitative estimate of drug-likeness (QED) is 0.167. The van der Waals surface area contributed by atoms with Crippen molar-refractivity contribution in [1.29, 1.82) is 0 Å². The van der Waals surface area contributed by atoms with Crippen molar-refractivity contribution in [2.45, 2.75) is 5.41 Å². The van der Waals surface area contributed by atoms with E-state index in [1.807, 2.05) is 0 Å². The summed E-state index contributed by atoms with van der Waals surface area (Å²) in [5.74, 6) is 0. The number of hydrogen-bond acceptors (Lipinski definition) is 0. The van der Waals surface area contributed by atoms with Crippen molar-refractivity contribution < 1.29 is 0 Å². The molecule has 0 aliphatic heterocycles. The van der Waals surface area contributed by atoms with Gasteiger partial charge in [0.15, 0.2) is 0 Å². The Balaban J connectivity index is 1.10. The van der Waals surface area contributed by atoms with Crippen molar-refractivity contribution in [2.75, 3.05) is 0 Å². The molecule has 1 aliphatic carbocycles. The molecular weight excluding hydrogens is 689 g/mol. The van der Waals surface area contributed by atoms with E-state index < -0.39 is 5.41 Å². The number of aromatic nitrogens is 2. The third-order valence-electron chi connectivity index (χ3n) is 12.4. The predicted molar refractivity (Wildman–Crippen MR) is 238 cm³/mol. The standard InChI is InChI=1S/C55H36N2/c1-3-17-39(18-4-1)55(47-25-11-7-21-41(47)42-22-8-12-26-48(42)55)49-27-13-16-30-54(49)57-51-29-15-10-24-44(51)46-36-38(32-34-53(46)57)37-31-33-52-45(35-37)43-23-9-14-28-50(43)56(52)40-19-5-2-6-20-40/h1-36H. The van der Waals surface area contributed by atoms with Gasteiger partial charge >= 0.3 is 0 Å². The van der Waals surface area contributed by atoms with E-state index in [1.54, 1.807) is 0 Å². The molecule has 2 heteroatoms. The topological polar surface area (TPSA) is 9.86 Å². The summed E-state index contributed by atoms with van der Waals surface area (Å²) in [6.07, 6.45) is 0. The lowest BCUT2D eigenvalue weighted by atomic mass is 9.67. The molecule has 266 valence electrons. The molecule has 0 saturated heterocycles. The van der Waals surface area contributed by atoms with Gasteiger partial charge in [0.1, 0.15) is 0 Å². The Morgan fingerprint density at radius 1 is 0.298 bits per heavy atom. The van der Waals surface area contributed by atoms with E-state index in [1.165, 1.54) is 99.5 Å². The van der Waals surface area contributed by atoms with Gasteiger partial charge in [0, 0.05) is 27.2 Å². The Morgan fingerprint density at radius 2 is 0.737 bits per heavy atom. The van der Waals surface area contributed by atoms with Crippen LogP contribution in [0.3, 0.4) is 0 Å². The summed E-state index contributed by atoms with van der Waals surface area (Å²) in [5, 5.41) is 5.00. The summed E-state index contributed by atoms with van der Waals surface area (Å²) in [6.45, 7) is 0. The van der Waals surface area contributed by atoms with Gasteiger partial charge in [0.25, 0.3) is 0 Å². The van der Waals surface area contributed by atoms with Gasteiger partial charge in [0.2, 0.25) is 0 Å². The third-order valence-corrected chi connectivity index (χ3v) is 12.4. The van der Waals surface area contributed by atoms with Crippen LogP contribution in [-0.4, -0.2) is 9.13 Å². The minimum atomic E-state index is -0.517. The number of hydrogen-bond donors (Lipinski definition) is 0. The first-order chi connectivity index (χ1) is 28.3. The van der Waals surface area contributed by atoms with Gasteiger partial charge in [-0.15, -0.1) is 0 Å². The fraction of sp³-hybridized carbons (Fsp3) is 0.0182. The van der Waals surface area contributed by atoms with Crippen LogP contribution in [0.15, 0.2) is 218 Å². The highest BCUT2D eigenvalue weighted by atomic mass is 15.0. The van der Waals surface area contributed by atoms with Gasteiger partial charge in [-0.3, -0.25) is 0 Å². The summed E-state index contributed by atoms with van der Waals surface area (Å²) in [5.41, 5.74) is 16.8. The SMILES string of the molecule is c1ccc(-n2c3ccccc3c3cc(-c4ccc5c(c4)c4ccccc4n5-c4ccccc4C4(c5ccccc5)c5ccccc5-c5ccccc54)ccc32)cc1. The maximum Gasteiger partial charge on any atom is 0.0733 e. The first-order valence-corrected chi connectivity index (χ1v) is 19.8. The zero-order valence-electron chi connectivity index (χ0n) is 31.2. The molecule has 0 saturated carbocycles. The zero-order valence-corrected chi connectivity index (χ0v) is 31.2. The van der Waals surface area contributed by atoms with E-state index in [0.29, 0.717) is 0 Å². The molecule has 0 spiro atoms. The molecule has 1 aliphatic rings. The van der Waals surface area contributed by atoms with Gasteiger partial charge in [-0.2, -0.15) is 0 Å². The molecule has 2 aromatic heterocycles. The average molecular weight is 725 g/mol. The molecule has 57 heavy (non-hydrogen) atoms. The van der Waals surface area contributed by atoms with E-state index in [4.69, 9.17) is 0 Å². The fourth-order valence-corrected chi connectivity index (χ4v) is 10.1. The summed E-state index contributed by atoms with van der Waals surface area (Å²) in [6, 6.07) is 80.5. The average Bonchev–Trinajstić information content (AvgIpc) is 3.91. The Morgan fingerprint density at radius 3 is 1.35 bits per heavy atom. The Kier molecular flexibility index (Phi) is 6.88. The van der Waals surface area contributed by atoms with Crippen LogP contribution in [0.4, 0.5) is 0 Å². The van der Waals surface area contributed by atoms with Crippen LogP contribution >= 0.6 is 0 Å². The van der Waals surface area contributed by atoms with Crippen LogP contribution in [0.25, 0.3) is 77.2 Å². The molecule has 0 N–H and O–H groups in total. The predicted octanol–water partition coefficient (Wildman–Crippen LogP) is 13.9. The minimum absolute atomic E-state index is 0.517. The third kappa shape index (κ3) is 4.47. The van der Waals surface area contributed by atoms with Crippen molar-refractivity contribution in [1.82, 2.24) is 9.13 Å². The first kappa shape index (κ1) is 31.9. The van der Waals surface area contributed by atoms with Crippen LogP contribution < -0.4 is 0 Å². The van der Waals surface area contributed by atoms with Crippen molar-refractivity contribution in [2.24, 2.45) is 0 Å². The van der Waals surface area contributed by atoms with Crippen LogP contribution in [0.5, 0.6) is 0 Å².